The van der Waals surface area contributed by atoms with Gasteiger partial charge in [0.2, 0.25) is 0 Å². The molecule has 4 aliphatic carbocycles. The summed E-state index contributed by atoms with van der Waals surface area (Å²) < 4.78 is 12.0. The molecular formula is C25H41NO5. The summed E-state index contributed by atoms with van der Waals surface area (Å²) in [5.74, 6) is 1.54. The van der Waals surface area contributed by atoms with Gasteiger partial charge < -0.3 is 19.8 Å². The Morgan fingerprint density at radius 1 is 1.00 bits per heavy atom. The Bertz CT molecular complexity index is 756. The molecule has 176 valence electrons. The molecule has 31 heavy (non-hydrogen) atoms. The maximum Gasteiger partial charge on any atom is 0.302 e. The Morgan fingerprint density at radius 3 is 2.35 bits per heavy atom. The van der Waals surface area contributed by atoms with Gasteiger partial charge >= 0.3 is 5.97 Å². The standard InChI is InChI=1S/C25H41NO5/c1-15(27)31-21-7-6-17-16-12-20(28)19-13-25(26(29)22(2,3)14-30-25)11-10-23(19,4)18(16)8-9-24(17,21)5/h16-21,28-29H,6-14H2,1-5H3. The molecule has 9 unspecified atom stereocenters. The van der Waals surface area contributed by atoms with Crippen LogP contribution < -0.4 is 0 Å². The number of fused-ring (bicyclic) bond motifs is 5. The molecule has 0 aromatic rings. The summed E-state index contributed by atoms with van der Waals surface area (Å²) in [6.45, 7) is 10.8. The lowest BCUT2D eigenvalue weighted by Gasteiger charge is -2.63. The Kier molecular flexibility index (Phi) is 4.93. The predicted octanol–water partition coefficient (Wildman–Crippen LogP) is 4.13. The number of aliphatic hydroxyl groups is 1. The normalized spacial score (nSPS) is 53.6. The summed E-state index contributed by atoms with van der Waals surface area (Å²) in [7, 11) is 0. The Hall–Kier alpha value is -0.690. The quantitative estimate of drug-likeness (QED) is 0.603. The van der Waals surface area contributed by atoms with Crippen molar-refractivity contribution in [3.63, 3.8) is 0 Å². The minimum Gasteiger partial charge on any atom is -0.462 e. The third kappa shape index (κ3) is 3.00. The molecule has 0 aromatic carbocycles. The molecule has 0 aromatic heterocycles. The average Bonchev–Trinajstić information content (AvgIpc) is 3.13. The molecule has 5 fully saturated rings. The van der Waals surface area contributed by atoms with E-state index in [4.69, 9.17) is 9.47 Å². The second-order valence-electron chi connectivity index (χ2n) is 12.6. The van der Waals surface area contributed by atoms with Gasteiger partial charge in [0.1, 0.15) is 11.8 Å². The molecule has 4 saturated carbocycles. The largest absolute Gasteiger partial charge is 0.462 e. The molecule has 6 nitrogen and oxygen atoms in total. The van der Waals surface area contributed by atoms with Gasteiger partial charge in [0.15, 0.2) is 0 Å². The molecule has 9 atom stereocenters. The topological polar surface area (TPSA) is 79.2 Å². The van der Waals surface area contributed by atoms with E-state index in [0.717, 1.165) is 44.9 Å². The van der Waals surface area contributed by atoms with Crippen LogP contribution in [0.15, 0.2) is 0 Å². The number of hydrogen-bond donors (Lipinski definition) is 2. The molecular weight excluding hydrogens is 394 g/mol. The molecule has 0 bridgehead atoms. The Balaban J connectivity index is 1.40. The summed E-state index contributed by atoms with van der Waals surface area (Å²) in [6.07, 6.45) is 7.22. The number of ether oxygens (including phenoxy) is 2. The lowest BCUT2D eigenvalue weighted by molar-refractivity contribution is -0.292. The third-order valence-electron chi connectivity index (χ3n) is 10.6. The van der Waals surface area contributed by atoms with Crippen molar-refractivity contribution in [3.8, 4) is 0 Å². The van der Waals surface area contributed by atoms with Crippen LogP contribution in [0.3, 0.4) is 0 Å². The Labute approximate surface area is 186 Å². The van der Waals surface area contributed by atoms with Crippen molar-refractivity contribution in [2.45, 2.75) is 109 Å². The van der Waals surface area contributed by atoms with Crippen molar-refractivity contribution in [2.24, 2.45) is 34.5 Å². The molecule has 1 spiro atoms. The van der Waals surface area contributed by atoms with Crippen LogP contribution in [0.2, 0.25) is 0 Å². The zero-order chi connectivity index (χ0) is 22.4. The number of esters is 1. The van der Waals surface area contributed by atoms with Gasteiger partial charge in [-0.2, -0.15) is 5.06 Å². The third-order valence-corrected chi connectivity index (χ3v) is 10.6. The highest BCUT2D eigenvalue weighted by Crippen LogP contribution is 2.68. The lowest BCUT2D eigenvalue weighted by atomic mass is 9.44. The number of carbonyl (C=O) groups is 1. The Morgan fingerprint density at radius 2 is 1.71 bits per heavy atom. The zero-order valence-electron chi connectivity index (χ0n) is 19.9. The van der Waals surface area contributed by atoms with Crippen LogP contribution in [0.5, 0.6) is 0 Å². The second kappa shape index (κ2) is 6.91. The maximum atomic E-state index is 11.7. The molecule has 5 rings (SSSR count). The number of hydroxylamine groups is 2. The molecule has 6 heteroatoms. The number of rotatable bonds is 1. The van der Waals surface area contributed by atoms with Gasteiger partial charge in [-0.25, -0.2) is 0 Å². The van der Waals surface area contributed by atoms with Crippen molar-refractivity contribution in [1.82, 2.24) is 5.06 Å². The first-order chi connectivity index (χ1) is 14.4. The fourth-order valence-corrected chi connectivity index (χ4v) is 8.90. The highest BCUT2D eigenvalue weighted by Gasteiger charge is 2.66. The van der Waals surface area contributed by atoms with E-state index in [9.17, 15) is 15.1 Å². The van der Waals surface area contributed by atoms with Gasteiger partial charge in [0.25, 0.3) is 0 Å². The number of aliphatic hydroxyl groups excluding tert-OH is 1. The van der Waals surface area contributed by atoms with E-state index in [1.165, 1.54) is 12.0 Å². The molecule has 1 saturated heterocycles. The van der Waals surface area contributed by atoms with Gasteiger partial charge in [-0.1, -0.05) is 13.8 Å². The van der Waals surface area contributed by atoms with E-state index in [1.54, 1.807) is 0 Å². The highest BCUT2D eigenvalue weighted by atomic mass is 16.6. The van der Waals surface area contributed by atoms with Crippen LogP contribution in [0.4, 0.5) is 0 Å². The van der Waals surface area contributed by atoms with Crippen LogP contribution in [0.25, 0.3) is 0 Å². The number of hydrogen-bond acceptors (Lipinski definition) is 6. The van der Waals surface area contributed by atoms with Gasteiger partial charge in [0, 0.05) is 12.3 Å². The fraction of sp³-hybridized carbons (Fsp3) is 0.960. The van der Waals surface area contributed by atoms with Crippen LogP contribution in [-0.4, -0.2) is 51.4 Å². The highest BCUT2D eigenvalue weighted by molar-refractivity contribution is 5.66. The van der Waals surface area contributed by atoms with Crippen molar-refractivity contribution in [3.05, 3.63) is 0 Å². The minimum absolute atomic E-state index is 0.0188. The van der Waals surface area contributed by atoms with Crippen molar-refractivity contribution < 1.29 is 24.6 Å². The summed E-state index contributed by atoms with van der Waals surface area (Å²) >= 11 is 0. The second-order valence-corrected chi connectivity index (χ2v) is 12.6. The summed E-state index contributed by atoms with van der Waals surface area (Å²) in [5, 5.41) is 23.9. The van der Waals surface area contributed by atoms with Crippen molar-refractivity contribution in [2.75, 3.05) is 6.61 Å². The molecule has 2 N–H and O–H groups in total. The molecule has 0 amide bonds. The van der Waals surface area contributed by atoms with E-state index in [2.05, 4.69) is 13.8 Å². The molecule has 5 aliphatic rings. The van der Waals surface area contributed by atoms with E-state index in [-0.39, 0.29) is 34.9 Å². The first-order valence-corrected chi connectivity index (χ1v) is 12.4. The minimum atomic E-state index is -0.654. The van der Waals surface area contributed by atoms with Crippen molar-refractivity contribution >= 4 is 5.97 Å². The van der Waals surface area contributed by atoms with Crippen LogP contribution in [-0.2, 0) is 14.3 Å². The number of carbonyl (C=O) groups excluding carboxylic acids is 1. The smallest absolute Gasteiger partial charge is 0.302 e. The van der Waals surface area contributed by atoms with Gasteiger partial charge in [0.05, 0.1) is 18.2 Å². The molecule has 1 aliphatic heterocycles. The van der Waals surface area contributed by atoms with E-state index in [0.29, 0.717) is 30.8 Å². The summed E-state index contributed by atoms with van der Waals surface area (Å²) in [4.78, 5) is 11.7. The van der Waals surface area contributed by atoms with Crippen LogP contribution >= 0.6 is 0 Å². The van der Waals surface area contributed by atoms with Crippen molar-refractivity contribution in [1.29, 1.82) is 0 Å². The van der Waals surface area contributed by atoms with E-state index < -0.39 is 11.3 Å². The summed E-state index contributed by atoms with van der Waals surface area (Å²) in [5.41, 5.74) is -0.950. The first-order valence-electron chi connectivity index (χ1n) is 12.4. The lowest BCUT2D eigenvalue weighted by Crippen LogP contribution is -2.63. The van der Waals surface area contributed by atoms with Gasteiger partial charge in [-0.3, -0.25) is 4.79 Å². The number of nitrogens with zero attached hydrogens (tertiary/aromatic N) is 1. The van der Waals surface area contributed by atoms with Crippen LogP contribution in [0, 0.1) is 34.5 Å². The SMILES string of the molecule is CC(=O)OC1CCC2C3CC(O)C4CC5(CCC4(C)C3CCC12C)OCC(C)(C)N5O. The van der Waals surface area contributed by atoms with Crippen LogP contribution in [0.1, 0.15) is 86.0 Å². The fourth-order valence-electron chi connectivity index (χ4n) is 8.90. The van der Waals surface area contributed by atoms with Gasteiger partial charge in [-0.05, 0) is 94.3 Å². The maximum absolute atomic E-state index is 11.7. The first kappa shape index (κ1) is 22.1. The monoisotopic (exact) mass is 435 g/mol. The van der Waals surface area contributed by atoms with E-state index >= 15 is 0 Å². The molecule has 1 heterocycles. The molecule has 0 radical (unpaired) electrons. The van der Waals surface area contributed by atoms with E-state index in [1.807, 2.05) is 13.8 Å². The summed E-state index contributed by atoms with van der Waals surface area (Å²) in [6, 6.07) is 0. The zero-order valence-corrected chi connectivity index (χ0v) is 19.9. The van der Waals surface area contributed by atoms with Gasteiger partial charge in [-0.15, -0.1) is 0 Å². The predicted molar refractivity (Wildman–Crippen MR) is 115 cm³/mol. The average molecular weight is 436 g/mol.